The van der Waals surface area contributed by atoms with Crippen LogP contribution in [-0.4, -0.2) is 43.4 Å². The highest BCUT2D eigenvalue weighted by Gasteiger charge is 2.44. The molecule has 0 radical (unpaired) electrons. The summed E-state index contributed by atoms with van der Waals surface area (Å²) in [5.41, 5.74) is 4.55. The number of carbonyl (C=O) groups excluding carboxylic acids is 1. The molecule has 1 amide bonds. The van der Waals surface area contributed by atoms with E-state index in [-0.39, 0.29) is 11.3 Å². The van der Waals surface area contributed by atoms with Gasteiger partial charge >= 0.3 is 0 Å². The fourth-order valence-corrected chi connectivity index (χ4v) is 5.52. The van der Waals surface area contributed by atoms with E-state index in [4.69, 9.17) is 9.97 Å². The lowest BCUT2D eigenvalue weighted by Gasteiger charge is -2.40. The normalized spacial score (nSPS) is 23.3. The first kappa shape index (κ1) is 18.0. The predicted molar refractivity (Wildman–Crippen MR) is 114 cm³/mol. The van der Waals surface area contributed by atoms with Crippen molar-refractivity contribution in [3.05, 3.63) is 53.4 Å². The summed E-state index contributed by atoms with van der Waals surface area (Å²) in [7, 11) is 0. The van der Waals surface area contributed by atoms with E-state index in [1.165, 1.54) is 24.1 Å². The quantitative estimate of drug-likeness (QED) is 0.674. The Labute approximate surface area is 176 Å². The van der Waals surface area contributed by atoms with Gasteiger partial charge in [0.25, 0.3) is 0 Å². The van der Waals surface area contributed by atoms with Crippen molar-refractivity contribution in [2.75, 3.05) is 13.1 Å². The van der Waals surface area contributed by atoms with Gasteiger partial charge in [-0.25, -0.2) is 15.0 Å². The Balaban J connectivity index is 1.29. The van der Waals surface area contributed by atoms with Crippen LogP contribution in [0.4, 0.5) is 0 Å². The second-order valence-corrected chi connectivity index (χ2v) is 9.31. The van der Waals surface area contributed by atoms with Crippen LogP contribution in [0.15, 0.2) is 30.5 Å². The molecule has 1 unspecified atom stereocenters. The van der Waals surface area contributed by atoms with Gasteiger partial charge in [0, 0.05) is 30.6 Å². The molecule has 3 heterocycles. The van der Waals surface area contributed by atoms with Gasteiger partial charge in [0.15, 0.2) is 0 Å². The van der Waals surface area contributed by atoms with Crippen molar-refractivity contribution in [1.82, 2.24) is 24.4 Å². The zero-order valence-corrected chi connectivity index (χ0v) is 17.5. The van der Waals surface area contributed by atoms with Crippen LogP contribution in [0, 0.1) is 6.92 Å². The molecule has 154 valence electrons. The Morgan fingerprint density at radius 2 is 2.07 bits per heavy atom. The molecular formula is C24H27N5O. The highest BCUT2D eigenvalue weighted by Crippen LogP contribution is 2.44. The molecule has 1 saturated carbocycles. The lowest BCUT2D eigenvalue weighted by atomic mass is 9.77. The number of piperidine rings is 1. The molecule has 1 saturated heterocycles. The van der Waals surface area contributed by atoms with Crippen LogP contribution in [0.1, 0.15) is 60.9 Å². The summed E-state index contributed by atoms with van der Waals surface area (Å²) in [5, 5.41) is 0. The predicted octanol–water partition coefficient (Wildman–Crippen LogP) is 3.52. The molecule has 1 spiro atoms. The Kier molecular flexibility index (Phi) is 3.98. The highest BCUT2D eigenvalue weighted by atomic mass is 16.2. The van der Waals surface area contributed by atoms with E-state index in [2.05, 4.69) is 26.6 Å². The van der Waals surface area contributed by atoms with Crippen LogP contribution in [0.25, 0.3) is 11.0 Å². The van der Waals surface area contributed by atoms with Gasteiger partial charge in [-0.2, -0.15) is 0 Å². The summed E-state index contributed by atoms with van der Waals surface area (Å²) in [6.07, 6.45) is 8.60. The van der Waals surface area contributed by atoms with Crippen LogP contribution in [-0.2, 0) is 23.2 Å². The summed E-state index contributed by atoms with van der Waals surface area (Å²) in [6, 6.07) is 8.20. The number of nitrogens with zero attached hydrogens (tertiary/aromatic N) is 5. The second-order valence-electron chi connectivity index (χ2n) is 9.31. The van der Waals surface area contributed by atoms with Crippen molar-refractivity contribution in [3.63, 3.8) is 0 Å². The average Bonchev–Trinajstić information content (AvgIpc) is 3.48. The van der Waals surface area contributed by atoms with Gasteiger partial charge in [-0.15, -0.1) is 0 Å². The van der Waals surface area contributed by atoms with Crippen LogP contribution in [0.3, 0.4) is 0 Å². The van der Waals surface area contributed by atoms with Gasteiger partial charge < -0.3 is 9.47 Å². The van der Waals surface area contributed by atoms with Gasteiger partial charge in [-0.3, -0.25) is 4.79 Å². The van der Waals surface area contributed by atoms with Gasteiger partial charge in [-0.05, 0) is 63.1 Å². The van der Waals surface area contributed by atoms with Gasteiger partial charge in [0.1, 0.15) is 18.2 Å². The summed E-state index contributed by atoms with van der Waals surface area (Å²) < 4.78 is 2.17. The molecule has 0 bridgehead atoms. The van der Waals surface area contributed by atoms with Crippen molar-refractivity contribution < 1.29 is 4.79 Å². The number of hydrogen-bond donors (Lipinski definition) is 0. The minimum absolute atomic E-state index is 0.00721. The SMILES string of the molecule is Cc1ncc2c(n1)C1(CCCN(C(=O)Cn3c(C4CC4)nc4ccccc43)C1)CC2. The number of benzene rings is 1. The van der Waals surface area contributed by atoms with Crippen LogP contribution in [0.2, 0.25) is 0 Å². The summed E-state index contributed by atoms with van der Waals surface area (Å²) >= 11 is 0. The van der Waals surface area contributed by atoms with Crippen molar-refractivity contribution in [2.45, 2.75) is 63.3 Å². The molecular weight excluding hydrogens is 374 g/mol. The van der Waals surface area contributed by atoms with Gasteiger partial charge in [-0.1, -0.05) is 12.1 Å². The second kappa shape index (κ2) is 6.62. The zero-order valence-electron chi connectivity index (χ0n) is 17.5. The molecule has 2 aromatic heterocycles. The number of hydrogen-bond acceptors (Lipinski definition) is 4. The average molecular weight is 402 g/mol. The maximum absolute atomic E-state index is 13.5. The van der Waals surface area contributed by atoms with Gasteiger partial charge in [0.05, 0.1) is 16.7 Å². The Morgan fingerprint density at radius 1 is 1.20 bits per heavy atom. The topological polar surface area (TPSA) is 63.9 Å². The van der Waals surface area contributed by atoms with Crippen molar-refractivity contribution in [2.24, 2.45) is 0 Å². The molecule has 0 N–H and O–H groups in total. The molecule has 30 heavy (non-hydrogen) atoms. The molecule has 6 nitrogen and oxygen atoms in total. The molecule has 1 atom stereocenters. The number of aromatic nitrogens is 4. The number of imidazole rings is 1. The first-order chi connectivity index (χ1) is 14.6. The van der Waals surface area contributed by atoms with Crippen molar-refractivity contribution in [1.29, 1.82) is 0 Å². The Hall–Kier alpha value is -2.76. The Morgan fingerprint density at radius 3 is 2.93 bits per heavy atom. The van der Waals surface area contributed by atoms with E-state index >= 15 is 0 Å². The molecule has 2 fully saturated rings. The van der Waals surface area contributed by atoms with Gasteiger partial charge in [0.2, 0.25) is 5.91 Å². The minimum Gasteiger partial charge on any atom is -0.340 e. The third-order valence-corrected chi connectivity index (χ3v) is 7.21. The zero-order chi connectivity index (χ0) is 20.3. The van der Waals surface area contributed by atoms with E-state index in [0.717, 1.165) is 61.5 Å². The minimum atomic E-state index is 0.00721. The lowest BCUT2D eigenvalue weighted by molar-refractivity contribution is -0.134. The lowest BCUT2D eigenvalue weighted by Crippen LogP contribution is -2.49. The largest absolute Gasteiger partial charge is 0.340 e. The summed E-state index contributed by atoms with van der Waals surface area (Å²) in [5.74, 6) is 2.64. The Bertz CT molecular complexity index is 1140. The van der Waals surface area contributed by atoms with E-state index in [1.54, 1.807) is 0 Å². The fourth-order valence-electron chi connectivity index (χ4n) is 5.52. The molecule has 2 aliphatic carbocycles. The number of para-hydroxylation sites is 2. The van der Waals surface area contributed by atoms with Crippen LogP contribution in [0.5, 0.6) is 0 Å². The maximum Gasteiger partial charge on any atom is 0.242 e. The fraction of sp³-hybridized carbons (Fsp3) is 0.500. The summed E-state index contributed by atoms with van der Waals surface area (Å²) in [6.45, 7) is 3.96. The van der Waals surface area contributed by atoms with Crippen LogP contribution < -0.4 is 0 Å². The number of rotatable bonds is 3. The standard InChI is InChI=1S/C24H27N5O/c1-16-25-13-18-9-11-24(22(18)26-16)10-4-12-28(15-24)21(30)14-29-20-6-3-2-5-19(20)27-23(29)17-7-8-17/h2-3,5-6,13,17H,4,7-12,14-15H2,1H3. The van der Waals surface area contributed by atoms with Crippen LogP contribution >= 0.6 is 0 Å². The third kappa shape index (κ3) is 2.84. The van der Waals surface area contributed by atoms with Crippen molar-refractivity contribution in [3.8, 4) is 0 Å². The third-order valence-electron chi connectivity index (χ3n) is 7.21. The number of likely N-dealkylation sites (tertiary alicyclic amines) is 1. The molecule has 3 aliphatic rings. The first-order valence-corrected chi connectivity index (χ1v) is 11.2. The monoisotopic (exact) mass is 401 g/mol. The van der Waals surface area contributed by atoms with E-state index in [0.29, 0.717) is 12.5 Å². The highest BCUT2D eigenvalue weighted by molar-refractivity contribution is 5.81. The first-order valence-electron chi connectivity index (χ1n) is 11.2. The number of aryl methyl sites for hydroxylation is 2. The van der Waals surface area contributed by atoms with Crippen molar-refractivity contribution >= 4 is 16.9 Å². The van der Waals surface area contributed by atoms with E-state index < -0.39 is 0 Å². The number of carbonyl (C=O) groups is 1. The summed E-state index contributed by atoms with van der Waals surface area (Å²) in [4.78, 5) is 29.6. The number of amides is 1. The molecule has 1 aromatic carbocycles. The molecule has 1 aliphatic heterocycles. The maximum atomic E-state index is 13.5. The van der Waals surface area contributed by atoms with E-state index in [9.17, 15) is 4.79 Å². The molecule has 3 aromatic rings. The molecule has 6 heteroatoms. The van der Waals surface area contributed by atoms with E-state index in [1.807, 2.05) is 25.3 Å². The number of fused-ring (bicyclic) bond motifs is 3. The smallest absolute Gasteiger partial charge is 0.242 e. The molecule has 6 rings (SSSR count).